The Bertz CT molecular complexity index is 735. The van der Waals surface area contributed by atoms with Crippen LogP contribution < -0.4 is 0 Å². The molecule has 0 saturated heterocycles. The van der Waals surface area contributed by atoms with E-state index in [9.17, 15) is 4.79 Å². The molecule has 0 aromatic heterocycles. The summed E-state index contributed by atoms with van der Waals surface area (Å²) in [6, 6.07) is 17.3. The van der Waals surface area contributed by atoms with E-state index in [4.69, 9.17) is 0 Å². The Kier molecular flexibility index (Phi) is 21.7. The molecule has 0 bridgehead atoms. The molecule has 0 heterocycles. The van der Waals surface area contributed by atoms with E-state index in [0.29, 0.717) is 0 Å². The maximum atomic E-state index is 9.44. The van der Waals surface area contributed by atoms with Gasteiger partial charge >= 0.3 is 0 Å². The Balaban J connectivity index is 0. The maximum Gasteiger partial charge on any atom is 0.126 e. The van der Waals surface area contributed by atoms with E-state index in [2.05, 4.69) is 104 Å². The third-order valence-electron chi connectivity index (χ3n) is 5.33. The highest BCUT2D eigenvalue weighted by atomic mass is 16.1. The first kappa shape index (κ1) is 33.0. The minimum Gasteiger partial charge on any atom is -0.300 e. The first-order valence-corrected chi connectivity index (χ1v) is 12.8. The quantitative estimate of drug-likeness (QED) is 0.364. The molecule has 0 spiro atoms. The average Bonchev–Trinajstić information content (AvgIpc) is 2.78. The van der Waals surface area contributed by atoms with Gasteiger partial charge in [-0.3, -0.25) is 0 Å². The second-order valence-corrected chi connectivity index (χ2v) is 9.15. The molecule has 1 unspecified atom stereocenters. The van der Waals surface area contributed by atoms with Crippen LogP contribution >= 0.6 is 0 Å². The van der Waals surface area contributed by atoms with Crippen molar-refractivity contribution in [1.29, 1.82) is 0 Å². The lowest BCUT2D eigenvalue weighted by Gasteiger charge is -2.04. The Labute approximate surface area is 206 Å². The lowest BCUT2D eigenvalue weighted by atomic mass is 10.0. The number of ketones is 1. The average molecular weight is 453 g/mol. The van der Waals surface area contributed by atoms with Crippen LogP contribution in [0.1, 0.15) is 103 Å². The van der Waals surface area contributed by atoms with Crippen LogP contribution in [-0.2, 0) is 24.1 Å². The van der Waals surface area contributed by atoms with Crippen molar-refractivity contribution in [2.45, 2.75) is 107 Å². The SMILES string of the molecule is C=C(C)Cc1ccc(CC)cc1.CC(C)=O.CCCCC(C)CC.CCc1ccccc1C. The summed E-state index contributed by atoms with van der Waals surface area (Å²) in [7, 11) is 0. The second-order valence-electron chi connectivity index (χ2n) is 9.15. The van der Waals surface area contributed by atoms with Crippen molar-refractivity contribution < 1.29 is 4.79 Å². The molecule has 0 aliphatic carbocycles. The van der Waals surface area contributed by atoms with Gasteiger partial charge in [-0.15, -0.1) is 0 Å². The minimum absolute atomic E-state index is 0.167. The number of Topliss-reactive ketones (excluding diaryl/α,β-unsaturated/α-hetero) is 1. The van der Waals surface area contributed by atoms with Gasteiger partial charge in [0.2, 0.25) is 0 Å². The number of aryl methyl sites for hydroxylation is 3. The highest BCUT2D eigenvalue weighted by Crippen LogP contribution is 2.10. The van der Waals surface area contributed by atoms with Crippen molar-refractivity contribution in [3.63, 3.8) is 0 Å². The van der Waals surface area contributed by atoms with Gasteiger partial charge < -0.3 is 4.79 Å². The van der Waals surface area contributed by atoms with Crippen LogP contribution in [-0.4, -0.2) is 5.78 Å². The normalized spacial score (nSPS) is 10.3. The van der Waals surface area contributed by atoms with Gasteiger partial charge in [-0.25, -0.2) is 0 Å². The van der Waals surface area contributed by atoms with E-state index < -0.39 is 0 Å². The number of carbonyl (C=O) groups excluding carboxylic acids is 1. The van der Waals surface area contributed by atoms with Gasteiger partial charge in [0.25, 0.3) is 0 Å². The van der Waals surface area contributed by atoms with Crippen molar-refractivity contribution in [2.24, 2.45) is 5.92 Å². The van der Waals surface area contributed by atoms with Crippen molar-refractivity contribution in [1.82, 2.24) is 0 Å². The van der Waals surface area contributed by atoms with Gasteiger partial charge in [0.1, 0.15) is 5.78 Å². The maximum absolute atomic E-state index is 9.44. The topological polar surface area (TPSA) is 17.1 Å². The lowest BCUT2D eigenvalue weighted by molar-refractivity contribution is -0.114. The zero-order valence-corrected chi connectivity index (χ0v) is 23.3. The van der Waals surface area contributed by atoms with E-state index in [-0.39, 0.29) is 5.78 Å². The molecule has 2 aromatic carbocycles. The van der Waals surface area contributed by atoms with Crippen LogP contribution in [0, 0.1) is 12.8 Å². The van der Waals surface area contributed by atoms with E-state index >= 15 is 0 Å². The Morgan fingerprint density at radius 2 is 1.36 bits per heavy atom. The number of carbonyl (C=O) groups is 1. The molecule has 2 rings (SSSR count). The van der Waals surface area contributed by atoms with Gasteiger partial charge in [0.15, 0.2) is 0 Å². The number of hydrogen-bond acceptors (Lipinski definition) is 1. The van der Waals surface area contributed by atoms with Crippen molar-refractivity contribution in [3.05, 3.63) is 82.9 Å². The molecule has 33 heavy (non-hydrogen) atoms. The van der Waals surface area contributed by atoms with E-state index in [1.54, 1.807) is 0 Å². The molecule has 0 aliphatic heterocycles. The smallest absolute Gasteiger partial charge is 0.126 e. The van der Waals surface area contributed by atoms with Gasteiger partial charge in [-0.2, -0.15) is 0 Å². The third kappa shape index (κ3) is 21.5. The number of benzene rings is 2. The predicted molar refractivity (Wildman–Crippen MR) is 150 cm³/mol. The van der Waals surface area contributed by atoms with E-state index in [0.717, 1.165) is 25.2 Å². The lowest BCUT2D eigenvalue weighted by Crippen LogP contribution is -1.89. The fraction of sp³-hybridized carbons (Fsp3) is 0.531. The van der Waals surface area contributed by atoms with Crippen LogP contribution in [0.15, 0.2) is 60.7 Å². The summed E-state index contributed by atoms with van der Waals surface area (Å²) < 4.78 is 0. The molecule has 0 aliphatic rings. The zero-order valence-electron chi connectivity index (χ0n) is 23.3. The van der Waals surface area contributed by atoms with E-state index in [1.165, 1.54) is 67.4 Å². The van der Waals surface area contributed by atoms with Gasteiger partial charge in [-0.05, 0) is 75.1 Å². The highest BCUT2D eigenvalue weighted by Gasteiger charge is 1.95. The summed E-state index contributed by atoms with van der Waals surface area (Å²) in [5.74, 6) is 1.12. The van der Waals surface area contributed by atoms with Gasteiger partial charge in [-0.1, -0.05) is 121 Å². The predicted octanol–water partition coefficient (Wildman–Crippen LogP) is 9.74. The van der Waals surface area contributed by atoms with E-state index in [1.807, 2.05) is 0 Å². The standard InChI is InChI=1S/C12H16.C9H12.C8H18.C3H6O/c1-4-11-5-7-12(8-6-11)9-10(2)3;1-3-9-7-5-4-6-8(9)2;1-4-6-7-8(3)5-2;1-3(2)4/h5-8H,2,4,9H2,1,3H3;4-7H,3H2,1-2H3;8H,4-7H2,1-3H3;1-2H3. The Hall–Kier alpha value is -2.15. The third-order valence-corrected chi connectivity index (χ3v) is 5.33. The monoisotopic (exact) mass is 452 g/mol. The molecular formula is C32H52O. The first-order chi connectivity index (χ1) is 15.6. The summed E-state index contributed by atoms with van der Waals surface area (Å²) in [5.41, 5.74) is 6.84. The molecular weight excluding hydrogens is 400 g/mol. The van der Waals surface area contributed by atoms with Crippen molar-refractivity contribution in [3.8, 4) is 0 Å². The number of rotatable bonds is 8. The fourth-order valence-electron chi connectivity index (χ4n) is 3.00. The Morgan fingerprint density at radius 3 is 1.73 bits per heavy atom. The van der Waals surface area contributed by atoms with Crippen LogP contribution in [0.5, 0.6) is 0 Å². The summed E-state index contributed by atoms with van der Waals surface area (Å²) >= 11 is 0. The van der Waals surface area contributed by atoms with Crippen LogP contribution in [0.3, 0.4) is 0 Å². The van der Waals surface area contributed by atoms with Crippen LogP contribution in [0.25, 0.3) is 0 Å². The Morgan fingerprint density at radius 1 is 0.848 bits per heavy atom. The second kappa shape index (κ2) is 21.7. The minimum atomic E-state index is 0.167. The molecule has 186 valence electrons. The van der Waals surface area contributed by atoms with Gasteiger partial charge in [0, 0.05) is 0 Å². The molecule has 0 radical (unpaired) electrons. The number of allylic oxidation sites excluding steroid dienone is 1. The molecule has 0 saturated carbocycles. The van der Waals surface area contributed by atoms with Crippen LogP contribution in [0.4, 0.5) is 0 Å². The summed E-state index contributed by atoms with van der Waals surface area (Å²) in [5, 5.41) is 0. The largest absolute Gasteiger partial charge is 0.300 e. The van der Waals surface area contributed by atoms with Crippen molar-refractivity contribution >= 4 is 5.78 Å². The fourth-order valence-corrected chi connectivity index (χ4v) is 3.00. The molecule has 1 heteroatoms. The number of unbranched alkanes of at least 4 members (excludes halogenated alkanes) is 1. The molecule has 1 atom stereocenters. The highest BCUT2D eigenvalue weighted by molar-refractivity contribution is 5.72. The number of hydrogen-bond donors (Lipinski definition) is 0. The molecule has 0 N–H and O–H groups in total. The summed E-state index contributed by atoms with van der Waals surface area (Å²) in [6.45, 7) is 22.4. The molecule has 2 aromatic rings. The van der Waals surface area contributed by atoms with Gasteiger partial charge in [0.05, 0.1) is 0 Å². The summed E-state index contributed by atoms with van der Waals surface area (Å²) in [4.78, 5) is 9.44. The van der Waals surface area contributed by atoms with Crippen molar-refractivity contribution in [2.75, 3.05) is 0 Å². The molecule has 0 amide bonds. The van der Waals surface area contributed by atoms with Crippen LogP contribution in [0.2, 0.25) is 0 Å². The first-order valence-electron chi connectivity index (χ1n) is 12.8. The zero-order chi connectivity index (χ0) is 25.6. The molecule has 0 fully saturated rings. The molecule has 1 nitrogen and oxygen atoms in total. The summed E-state index contributed by atoms with van der Waals surface area (Å²) in [6.07, 6.45) is 8.80.